The summed E-state index contributed by atoms with van der Waals surface area (Å²) in [6.45, 7) is 4.39. The van der Waals surface area contributed by atoms with Gasteiger partial charge in [-0.3, -0.25) is 0 Å². The van der Waals surface area contributed by atoms with Crippen molar-refractivity contribution in [3.05, 3.63) is 82.9 Å². The van der Waals surface area contributed by atoms with Crippen molar-refractivity contribution < 1.29 is 37.7 Å². The van der Waals surface area contributed by atoms with Crippen LogP contribution in [0.2, 0.25) is 0 Å². The fraction of sp³-hybridized carbons (Fsp3) is 0.182. The van der Waals surface area contributed by atoms with Crippen LogP contribution in [0.1, 0.15) is 22.3 Å². The molecule has 0 fully saturated rings. The van der Waals surface area contributed by atoms with Crippen LogP contribution in [-0.2, 0) is 12.8 Å². The Labute approximate surface area is 168 Å². The molecule has 4 rings (SSSR count). The topological polar surface area (TPSA) is 0 Å². The molecule has 0 N–H and O–H groups in total. The van der Waals surface area contributed by atoms with E-state index in [-0.39, 0.29) is 37.7 Å². The Morgan fingerprint density at radius 2 is 1.08 bits per heavy atom. The van der Waals surface area contributed by atoms with Crippen LogP contribution in [0.5, 0.6) is 0 Å². The second-order valence-electron chi connectivity index (χ2n) is 6.38. The van der Waals surface area contributed by atoms with E-state index in [0.717, 1.165) is 12.8 Å². The molecule has 0 unspecified atom stereocenters. The zero-order valence-corrected chi connectivity index (χ0v) is 15.2. The van der Waals surface area contributed by atoms with Crippen LogP contribution in [0.3, 0.4) is 0 Å². The quantitative estimate of drug-likeness (QED) is 0.364. The number of benzene rings is 2. The van der Waals surface area contributed by atoms with Gasteiger partial charge in [0.15, 0.2) is 0 Å². The maximum atomic E-state index is 2.36. The first-order chi connectivity index (χ1) is 10.7. The molecule has 0 aliphatic rings. The van der Waals surface area contributed by atoms with Gasteiger partial charge in [0.05, 0.1) is 0 Å². The summed E-state index contributed by atoms with van der Waals surface area (Å²) in [4.78, 5) is 0. The Balaban J connectivity index is 0.00000104. The summed E-state index contributed by atoms with van der Waals surface area (Å²) in [6, 6.07) is 22.5. The van der Waals surface area contributed by atoms with Crippen LogP contribution in [-0.4, -0.2) is 0 Å². The summed E-state index contributed by atoms with van der Waals surface area (Å²) in [7, 11) is 0. The molecule has 110 valence electrons. The second-order valence-corrected chi connectivity index (χ2v) is 6.38. The van der Waals surface area contributed by atoms with E-state index in [4.69, 9.17) is 0 Å². The molecule has 2 heteroatoms. The fourth-order valence-electron chi connectivity index (χ4n) is 3.48. The van der Waals surface area contributed by atoms with Crippen molar-refractivity contribution in [1.29, 1.82) is 0 Å². The fourth-order valence-corrected chi connectivity index (χ4v) is 3.48. The molecule has 0 atom stereocenters. The summed E-state index contributed by atoms with van der Waals surface area (Å²) < 4.78 is 0. The summed E-state index contributed by atoms with van der Waals surface area (Å²) in [6.07, 6.45) is 2.23. The Hall–Kier alpha value is -1.15. The molecular formula is C22H20Li2. The Morgan fingerprint density at radius 3 is 1.46 bits per heavy atom. The van der Waals surface area contributed by atoms with Gasteiger partial charge in [0, 0.05) is 0 Å². The number of fused-ring (bicyclic) bond motifs is 2. The van der Waals surface area contributed by atoms with Gasteiger partial charge >= 0.3 is 37.7 Å². The van der Waals surface area contributed by atoms with Crippen molar-refractivity contribution in [2.45, 2.75) is 26.7 Å². The molecule has 0 aliphatic heterocycles. The standard InChI is InChI=1S/C22H20.2Li/c1-15-5-3-7-19-11-17(13-21(15)19)9-10-18-12-20-8-4-6-16(2)22(20)14-18;;/h3-8,11-14H,9-10H2,1-2H3;;/q-2;2*+1. The zero-order chi connectivity index (χ0) is 15.1. The van der Waals surface area contributed by atoms with E-state index in [1.807, 2.05) is 0 Å². The number of aryl methyl sites for hydroxylation is 4. The third-order valence-electron chi connectivity index (χ3n) is 4.76. The van der Waals surface area contributed by atoms with Gasteiger partial charge in [-0.05, 0) is 12.8 Å². The van der Waals surface area contributed by atoms with Crippen molar-refractivity contribution in [3.63, 3.8) is 0 Å². The first-order valence-electron chi connectivity index (χ1n) is 8.00. The molecule has 4 aromatic rings. The maximum absolute atomic E-state index is 2.36. The molecule has 4 aromatic carbocycles. The molecule has 0 radical (unpaired) electrons. The van der Waals surface area contributed by atoms with Gasteiger partial charge in [0.1, 0.15) is 0 Å². The van der Waals surface area contributed by atoms with Crippen LogP contribution < -0.4 is 37.7 Å². The molecule has 0 spiro atoms. The minimum absolute atomic E-state index is 0. The summed E-state index contributed by atoms with van der Waals surface area (Å²) in [5, 5.41) is 5.55. The van der Waals surface area contributed by atoms with Crippen LogP contribution in [0.15, 0.2) is 60.7 Å². The minimum Gasteiger partial charge on any atom is -0.165 e. The molecule has 0 saturated heterocycles. The Bertz CT molecular complexity index is 877. The van der Waals surface area contributed by atoms with Gasteiger partial charge in [-0.15, -0.1) is 80.2 Å². The summed E-state index contributed by atoms with van der Waals surface area (Å²) in [5.74, 6) is 0. The van der Waals surface area contributed by atoms with Crippen LogP contribution in [0.25, 0.3) is 21.5 Å². The smallest absolute Gasteiger partial charge is 0.165 e. The molecule has 24 heavy (non-hydrogen) atoms. The average molecular weight is 298 g/mol. The predicted octanol–water partition coefficient (Wildman–Crippen LogP) is -0.159. The van der Waals surface area contributed by atoms with Crippen molar-refractivity contribution in [2.24, 2.45) is 0 Å². The van der Waals surface area contributed by atoms with Crippen molar-refractivity contribution >= 4 is 21.5 Å². The van der Waals surface area contributed by atoms with E-state index in [0.29, 0.717) is 0 Å². The van der Waals surface area contributed by atoms with E-state index in [1.54, 1.807) is 0 Å². The van der Waals surface area contributed by atoms with Crippen molar-refractivity contribution in [2.75, 3.05) is 0 Å². The van der Waals surface area contributed by atoms with Crippen LogP contribution >= 0.6 is 0 Å². The minimum atomic E-state index is 0. The molecule has 0 nitrogen and oxygen atoms in total. The predicted molar refractivity (Wildman–Crippen MR) is 96.0 cm³/mol. The molecule has 0 saturated carbocycles. The van der Waals surface area contributed by atoms with E-state index >= 15 is 0 Å². The van der Waals surface area contributed by atoms with Gasteiger partial charge in [-0.25, -0.2) is 0 Å². The summed E-state index contributed by atoms with van der Waals surface area (Å²) >= 11 is 0. The second kappa shape index (κ2) is 7.82. The molecule has 0 heterocycles. The zero-order valence-electron chi connectivity index (χ0n) is 15.2. The van der Waals surface area contributed by atoms with Crippen LogP contribution in [0.4, 0.5) is 0 Å². The Morgan fingerprint density at radius 1 is 0.667 bits per heavy atom. The van der Waals surface area contributed by atoms with E-state index in [2.05, 4.69) is 74.5 Å². The molecule has 0 bridgehead atoms. The van der Waals surface area contributed by atoms with Gasteiger partial charge in [0.2, 0.25) is 0 Å². The number of rotatable bonds is 3. The van der Waals surface area contributed by atoms with Gasteiger partial charge in [-0.1, -0.05) is 26.0 Å². The normalized spacial score (nSPS) is 10.6. The van der Waals surface area contributed by atoms with Crippen LogP contribution in [0, 0.1) is 13.8 Å². The third kappa shape index (κ3) is 3.59. The Kier molecular flexibility index (Phi) is 6.25. The first kappa shape index (κ1) is 19.2. The van der Waals surface area contributed by atoms with Gasteiger partial charge in [-0.2, -0.15) is 12.1 Å². The monoisotopic (exact) mass is 298 g/mol. The van der Waals surface area contributed by atoms with Crippen molar-refractivity contribution in [1.82, 2.24) is 0 Å². The molecule has 0 aliphatic carbocycles. The van der Waals surface area contributed by atoms with E-state index in [9.17, 15) is 0 Å². The summed E-state index contributed by atoms with van der Waals surface area (Å²) in [5.41, 5.74) is 5.65. The average Bonchev–Trinajstić information content (AvgIpc) is 3.10. The largest absolute Gasteiger partial charge is 1.00 e. The third-order valence-corrected chi connectivity index (χ3v) is 4.76. The van der Waals surface area contributed by atoms with Gasteiger partial charge in [0.25, 0.3) is 0 Å². The van der Waals surface area contributed by atoms with E-state index in [1.165, 1.54) is 43.8 Å². The molecular weight excluding hydrogens is 278 g/mol. The van der Waals surface area contributed by atoms with Crippen molar-refractivity contribution in [3.8, 4) is 0 Å². The first-order valence-corrected chi connectivity index (χ1v) is 8.00. The SMILES string of the molecule is Cc1cccc2cc(CCc3cc4cccc(C)c4[cH-]3)[cH-]c12.[Li+].[Li+]. The number of hydrogen-bond acceptors (Lipinski definition) is 0. The van der Waals surface area contributed by atoms with E-state index < -0.39 is 0 Å². The molecule has 0 aromatic heterocycles. The maximum Gasteiger partial charge on any atom is 1.00 e. The molecule has 0 amide bonds. The van der Waals surface area contributed by atoms with Gasteiger partial charge < -0.3 is 0 Å². The number of hydrogen-bond donors (Lipinski definition) is 0.